The fraction of sp³-hybridized carbons (Fsp3) is 0.667. The second-order valence-electron chi connectivity index (χ2n) is 1.49. The van der Waals surface area contributed by atoms with Crippen LogP contribution in [0.2, 0.25) is 0 Å². The van der Waals surface area contributed by atoms with E-state index in [0.717, 1.165) is 0 Å². The Balaban J connectivity index is -0.0000000267. The van der Waals surface area contributed by atoms with Gasteiger partial charge in [0, 0.05) is 11.8 Å². The Bertz CT molecular complexity index is 111. The molecule has 13 heavy (non-hydrogen) atoms. The largest absolute Gasteiger partial charge is 4.00 e. The van der Waals surface area contributed by atoms with Gasteiger partial charge in [0.25, 0.3) is 0 Å². The van der Waals surface area contributed by atoms with Gasteiger partial charge in [-0.25, -0.2) is 0 Å². The molecule has 4 nitrogen and oxygen atoms in total. The van der Waals surface area contributed by atoms with E-state index in [1.54, 1.807) is 0 Å². The van der Waals surface area contributed by atoms with Crippen molar-refractivity contribution >= 4 is 11.8 Å². The zero-order valence-electron chi connectivity index (χ0n) is 7.97. The molecule has 0 aromatic heterocycles. The minimum atomic E-state index is -0.120. The molecule has 7 heteroatoms. The van der Waals surface area contributed by atoms with Gasteiger partial charge >= 0.3 is 25.8 Å². The van der Waals surface area contributed by atoms with Gasteiger partial charge in [0.1, 0.15) is 0 Å². The van der Waals surface area contributed by atoms with Gasteiger partial charge in [-0.05, 0) is 13.8 Å². The summed E-state index contributed by atoms with van der Waals surface area (Å²) < 4.78 is 0. The first kappa shape index (κ1) is 29.2. The minimum absolute atomic E-state index is 0. The van der Waals surface area contributed by atoms with Gasteiger partial charge in [-0.15, -0.1) is 14.1 Å². The molecule has 0 saturated heterocycles. The molecule has 0 heterocycles. The molecular formula is C6H12Br2HfN2O2. The number of rotatable bonds is 0. The van der Waals surface area contributed by atoms with Crippen molar-refractivity contribution in [3.8, 4) is 0 Å². The molecule has 0 aliphatic heterocycles. The zero-order valence-corrected chi connectivity index (χ0v) is 14.7. The maximum atomic E-state index is 9.65. The molecule has 0 radical (unpaired) electrons. The van der Waals surface area contributed by atoms with Gasteiger partial charge in [-0.2, -0.15) is 0 Å². The van der Waals surface area contributed by atoms with E-state index < -0.39 is 0 Å². The first-order valence-electron chi connectivity index (χ1n) is 2.75. The number of carbonyl (C=O) groups is 2. The van der Waals surface area contributed by atoms with Crippen LogP contribution in [0.25, 0.3) is 10.6 Å². The number of amides is 2. The summed E-state index contributed by atoms with van der Waals surface area (Å²) in [6.45, 7) is 2.83. The Labute approximate surface area is 119 Å². The molecule has 0 atom stereocenters. The third kappa shape index (κ3) is 65.1. The van der Waals surface area contributed by atoms with Gasteiger partial charge in [-0.3, -0.25) is 0 Å². The summed E-state index contributed by atoms with van der Waals surface area (Å²) in [5, 5.41) is 6.50. The van der Waals surface area contributed by atoms with E-state index in [2.05, 4.69) is 10.6 Å². The zero-order chi connectivity index (χ0) is 8.57. The third-order valence-electron chi connectivity index (χ3n) is 0.630. The van der Waals surface area contributed by atoms with Gasteiger partial charge in [-0.1, -0.05) is 0 Å². The monoisotopic (exact) mass is 482 g/mol. The van der Waals surface area contributed by atoms with Gasteiger partial charge in [0.2, 0.25) is 0 Å². The number of nitrogens with zero attached hydrogens (tertiary/aromatic N) is 2. The second kappa shape index (κ2) is 23.0. The molecule has 0 aliphatic rings. The van der Waals surface area contributed by atoms with Crippen LogP contribution in [0.4, 0.5) is 0 Å². The van der Waals surface area contributed by atoms with Crippen molar-refractivity contribution in [3.05, 3.63) is 10.6 Å². The fourth-order valence-electron chi connectivity index (χ4n) is 0. The molecule has 0 N–H and O–H groups in total. The summed E-state index contributed by atoms with van der Waals surface area (Å²) in [6.07, 6.45) is 0. The second-order valence-corrected chi connectivity index (χ2v) is 1.49. The molecule has 0 aliphatic carbocycles. The number of carbonyl (C=O) groups excluding carboxylic acids is 2. The molecule has 0 rings (SSSR count). The Hall–Kier alpha value is 0.770. The summed E-state index contributed by atoms with van der Waals surface area (Å²) in [5.41, 5.74) is 0. The molecule has 0 aromatic rings. The Morgan fingerprint density at radius 1 is 0.846 bits per heavy atom. The SMILES string of the molecule is C[N-]C(C)=O.C[N-]C(C)=O.[Br-].[Br-].[Hf+4]. The molecule has 0 saturated carbocycles. The number of hydrogen-bond donors (Lipinski definition) is 0. The average Bonchev–Trinajstić information content (AvgIpc) is 1.89. The third-order valence-corrected chi connectivity index (χ3v) is 0.630. The first-order chi connectivity index (χ1) is 4.54. The molecule has 2 amide bonds. The van der Waals surface area contributed by atoms with E-state index >= 15 is 0 Å². The van der Waals surface area contributed by atoms with E-state index in [-0.39, 0.29) is 71.6 Å². The van der Waals surface area contributed by atoms with Crippen molar-refractivity contribution < 1.29 is 69.4 Å². The molecule has 0 bridgehead atoms. The predicted molar refractivity (Wildman–Crippen MR) is 39.9 cm³/mol. The maximum Gasteiger partial charge on any atom is 4.00 e. The smallest absolute Gasteiger partial charge is 1.00 e. The maximum absolute atomic E-state index is 9.65. The van der Waals surface area contributed by atoms with Crippen LogP contribution in [0.5, 0.6) is 0 Å². The molecule has 0 fully saturated rings. The Kier molecular flexibility index (Phi) is 51.7. The van der Waals surface area contributed by atoms with Crippen molar-refractivity contribution in [3.63, 3.8) is 0 Å². The summed E-state index contributed by atoms with van der Waals surface area (Å²) in [7, 11) is 2.95. The first-order valence-corrected chi connectivity index (χ1v) is 2.75. The van der Waals surface area contributed by atoms with Crippen LogP contribution in [0.3, 0.4) is 0 Å². The molecule has 76 valence electrons. The van der Waals surface area contributed by atoms with Crippen LogP contribution in [-0.4, -0.2) is 25.9 Å². The summed E-state index contributed by atoms with van der Waals surface area (Å²) in [6, 6.07) is 0. The summed E-state index contributed by atoms with van der Waals surface area (Å²) in [4.78, 5) is 19.3. The van der Waals surface area contributed by atoms with Gasteiger partial charge in [0.05, 0.1) is 0 Å². The van der Waals surface area contributed by atoms with E-state index in [1.807, 2.05) is 0 Å². The van der Waals surface area contributed by atoms with Crippen molar-refractivity contribution in [1.82, 2.24) is 0 Å². The standard InChI is InChI=1S/2C3H7NO.2BrH.Hf/c2*1-3(5)4-2;;;/h2*1-2H3,(H,4,5);2*1H;/q;;;;+4/p-4. The van der Waals surface area contributed by atoms with Gasteiger partial charge < -0.3 is 54.2 Å². The van der Waals surface area contributed by atoms with Crippen LogP contribution in [-0.2, 0) is 35.4 Å². The van der Waals surface area contributed by atoms with E-state index in [4.69, 9.17) is 0 Å². The predicted octanol–water partition coefficient (Wildman–Crippen LogP) is -4.92. The van der Waals surface area contributed by atoms with E-state index in [0.29, 0.717) is 0 Å². The quantitative estimate of drug-likeness (QED) is 0.325. The molecule has 0 spiro atoms. The minimum Gasteiger partial charge on any atom is -1.00 e. The van der Waals surface area contributed by atoms with Crippen LogP contribution in [0.15, 0.2) is 0 Å². The normalized spacial score (nSPS) is 5.23. The average molecular weight is 482 g/mol. The van der Waals surface area contributed by atoms with Crippen molar-refractivity contribution in [1.29, 1.82) is 0 Å². The van der Waals surface area contributed by atoms with E-state index in [9.17, 15) is 9.59 Å². The number of hydrogen-bond acceptors (Lipinski definition) is 2. The van der Waals surface area contributed by atoms with E-state index in [1.165, 1.54) is 27.9 Å². The summed E-state index contributed by atoms with van der Waals surface area (Å²) in [5.74, 6) is -0.241. The van der Waals surface area contributed by atoms with Crippen molar-refractivity contribution in [2.75, 3.05) is 14.1 Å². The Morgan fingerprint density at radius 2 is 0.923 bits per heavy atom. The van der Waals surface area contributed by atoms with Crippen LogP contribution < -0.4 is 34.0 Å². The van der Waals surface area contributed by atoms with Crippen molar-refractivity contribution in [2.24, 2.45) is 0 Å². The topological polar surface area (TPSA) is 62.3 Å². The van der Waals surface area contributed by atoms with Crippen LogP contribution in [0, 0.1) is 0 Å². The molecule has 0 aromatic carbocycles. The van der Waals surface area contributed by atoms with Crippen LogP contribution in [0.1, 0.15) is 13.8 Å². The number of halogens is 2. The van der Waals surface area contributed by atoms with Crippen LogP contribution >= 0.6 is 0 Å². The van der Waals surface area contributed by atoms with Crippen molar-refractivity contribution in [2.45, 2.75) is 13.8 Å². The Morgan fingerprint density at radius 3 is 0.923 bits per heavy atom. The molecule has 0 unspecified atom stereocenters. The summed E-state index contributed by atoms with van der Waals surface area (Å²) >= 11 is 0. The van der Waals surface area contributed by atoms with Gasteiger partial charge in [0.15, 0.2) is 0 Å². The molecular weight excluding hydrogens is 470 g/mol. The fourth-order valence-corrected chi connectivity index (χ4v) is 0.